The van der Waals surface area contributed by atoms with Crippen LogP contribution in [0.1, 0.15) is 183 Å². The van der Waals surface area contributed by atoms with Gasteiger partial charge in [0, 0.05) is 41.7 Å². The predicted octanol–water partition coefficient (Wildman–Crippen LogP) is 19.4. The van der Waals surface area contributed by atoms with Gasteiger partial charge in [-0.3, -0.25) is 0 Å². The molecule has 8 aromatic rings. The maximum Gasteiger partial charge on any atom is 0.338 e. The van der Waals surface area contributed by atoms with E-state index in [-0.39, 0.29) is 37.6 Å². The molecule has 0 radical (unpaired) electrons. The second kappa shape index (κ2) is 58.7. The number of esters is 6. The highest BCUT2D eigenvalue weighted by molar-refractivity contribution is 5.92. The molecular weight excluding hydrogens is 1670 g/mol. The molecule has 28 nitrogen and oxygen atoms in total. The van der Waals surface area contributed by atoms with Gasteiger partial charge in [0.05, 0.1) is 134 Å². The molecule has 130 heavy (non-hydrogen) atoms. The Bertz CT molecular complexity index is 4700. The Morgan fingerprint density at radius 3 is 0.738 bits per heavy atom. The molecular formula is C102H124N2O26. The van der Waals surface area contributed by atoms with Gasteiger partial charge < -0.3 is 106 Å². The molecule has 0 fully saturated rings. The summed E-state index contributed by atoms with van der Waals surface area (Å²) >= 11 is 0. The van der Waals surface area contributed by atoms with E-state index in [1.807, 2.05) is 84.9 Å². The zero-order chi connectivity index (χ0) is 92.7. The van der Waals surface area contributed by atoms with Crippen LogP contribution in [0.3, 0.4) is 0 Å². The van der Waals surface area contributed by atoms with E-state index in [0.29, 0.717) is 170 Å². The predicted molar refractivity (Wildman–Crippen MR) is 496 cm³/mol. The van der Waals surface area contributed by atoms with Crippen molar-refractivity contribution in [3.63, 3.8) is 0 Å². The van der Waals surface area contributed by atoms with Crippen molar-refractivity contribution in [2.75, 3.05) is 134 Å². The van der Waals surface area contributed by atoms with Crippen LogP contribution < -0.4 is 77.8 Å². The molecule has 0 aromatic heterocycles. The van der Waals surface area contributed by atoms with Gasteiger partial charge in [-0.2, -0.15) is 0 Å². The summed E-state index contributed by atoms with van der Waals surface area (Å²) < 4.78 is 116. The standard InChI is InChI=1S/C102H124N2O26/c1-111-91-59-73(35-45-97(105)115-5)29-39-85(91)119-49-19-9-11-23-53-123-89-43-33-77(63-95(89)125-55-25-15-13-21-51-121-87-41-31-75(61-93(87)113-3)37-47-99(107)117-7)71-129-83-67-80(102(110)128-58-28-18-17-27-57-127-101(109)79-65-81(103)69-82(104)66-79)68-84(70-83)130-72-78-34-44-90(124-54-24-12-10-20-50-120-86-40-30-74(60-92(86)112-2)36-46-98(106)116-6)96(64-78)126-56-26-16-14-22-52-122-88-42-32-76(62-94(88)114-4)38-48-100(108)118-8/h29-48,59-70H,9-28,49-58,71-72,103-104H2,1-8H3. The summed E-state index contributed by atoms with van der Waals surface area (Å²) in [7, 11) is 11.6. The number of hydrogen-bond donors (Lipinski definition) is 2. The lowest BCUT2D eigenvalue weighted by Gasteiger charge is -2.16. The maximum absolute atomic E-state index is 14.2. The first-order valence-electron chi connectivity index (χ1n) is 43.9. The van der Waals surface area contributed by atoms with Gasteiger partial charge in [0.2, 0.25) is 0 Å². The topological polar surface area (TPSA) is 339 Å². The van der Waals surface area contributed by atoms with Gasteiger partial charge >= 0.3 is 35.8 Å². The van der Waals surface area contributed by atoms with Crippen LogP contribution in [0.15, 0.2) is 170 Å². The minimum atomic E-state index is -0.580. The number of carbonyl (C=O) groups is 6. The summed E-state index contributed by atoms with van der Waals surface area (Å²) in [4.78, 5) is 73.6. The van der Waals surface area contributed by atoms with Crippen LogP contribution in [0.4, 0.5) is 11.4 Å². The van der Waals surface area contributed by atoms with Crippen LogP contribution in [0.2, 0.25) is 0 Å². The van der Waals surface area contributed by atoms with Crippen LogP contribution in [0.5, 0.6) is 80.5 Å². The van der Waals surface area contributed by atoms with Gasteiger partial charge in [-0.05, 0) is 289 Å². The Hall–Kier alpha value is -13.7. The lowest BCUT2D eigenvalue weighted by Crippen LogP contribution is -2.09. The molecule has 0 heterocycles. The van der Waals surface area contributed by atoms with Crippen molar-refractivity contribution < 1.29 is 124 Å². The normalized spacial score (nSPS) is 11.1. The lowest BCUT2D eigenvalue weighted by molar-refractivity contribution is -0.135. The molecule has 0 bridgehead atoms. The van der Waals surface area contributed by atoms with E-state index in [0.717, 1.165) is 136 Å². The van der Waals surface area contributed by atoms with Crippen LogP contribution in [-0.4, -0.2) is 159 Å². The molecule has 0 spiro atoms. The third-order valence-electron chi connectivity index (χ3n) is 20.1. The molecule has 4 N–H and O–H groups in total. The van der Waals surface area contributed by atoms with Gasteiger partial charge in [0.15, 0.2) is 69.0 Å². The molecule has 0 amide bonds. The zero-order valence-electron chi connectivity index (χ0n) is 75.9. The molecule has 0 aliphatic carbocycles. The number of benzene rings is 8. The Kier molecular flexibility index (Phi) is 45.9. The Morgan fingerprint density at radius 2 is 0.477 bits per heavy atom. The maximum atomic E-state index is 14.2. The van der Waals surface area contributed by atoms with Crippen LogP contribution >= 0.6 is 0 Å². The summed E-state index contributed by atoms with van der Waals surface area (Å²) in [6, 6.07) is 42.8. The van der Waals surface area contributed by atoms with E-state index in [2.05, 4.69) is 0 Å². The summed E-state index contributed by atoms with van der Waals surface area (Å²) in [6.45, 7) is 4.01. The second-order valence-electron chi connectivity index (χ2n) is 29.9. The van der Waals surface area contributed by atoms with Gasteiger partial charge in [-0.1, -0.05) is 36.4 Å². The molecule has 0 aliphatic rings. The Morgan fingerprint density at radius 1 is 0.238 bits per heavy atom. The van der Waals surface area contributed by atoms with E-state index in [4.69, 9.17) is 106 Å². The first-order chi connectivity index (χ1) is 63.4. The van der Waals surface area contributed by atoms with Crippen molar-refractivity contribution in [3.8, 4) is 80.5 Å². The number of methoxy groups -OCH3 is 8. The van der Waals surface area contributed by atoms with Gasteiger partial charge in [0.1, 0.15) is 24.7 Å². The van der Waals surface area contributed by atoms with Gasteiger partial charge in [-0.15, -0.1) is 0 Å². The first kappa shape index (κ1) is 102. The molecule has 8 rings (SSSR count). The number of anilines is 2. The highest BCUT2D eigenvalue weighted by Crippen LogP contribution is 2.37. The molecule has 0 unspecified atom stereocenters. The number of unbranched alkanes of at least 4 members (excludes halogenated alkanes) is 15. The smallest absolute Gasteiger partial charge is 0.338 e. The van der Waals surface area contributed by atoms with E-state index in [9.17, 15) is 28.8 Å². The molecule has 0 saturated heterocycles. The van der Waals surface area contributed by atoms with Crippen molar-refractivity contribution >= 4 is 71.5 Å². The highest BCUT2D eigenvalue weighted by Gasteiger charge is 2.19. The fourth-order valence-corrected chi connectivity index (χ4v) is 13.0. The molecule has 698 valence electrons. The molecule has 8 aromatic carbocycles. The molecule has 28 heteroatoms. The number of carbonyl (C=O) groups excluding carboxylic acids is 6. The quantitative estimate of drug-likeness (QED) is 0.0118. The minimum absolute atomic E-state index is 0.0686. The van der Waals surface area contributed by atoms with E-state index in [1.165, 1.54) is 64.9 Å². The second-order valence-corrected chi connectivity index (χ2v) is 29.9. The van der Waals surface area contributed by atoms with E-state index in [1.54, 1.807) is 101 Å². The van der Waals surface area contributed by atoms with Crippen LogP contribution in [0, 0.1) is 0 Å². The zero-order valence-corrected chi connectivity index (χ0v) is 75.9. The van der Waals surface area contributed by atoms with Gasteiger partial charge in [0.25, 0.3) is 0 Å². The number of nitrogens with two attached hydrogens (primary N) is 2. The fourth-order valence-electron chi connectivity index (χ4n) is 13.0. The highest BCUT2D eigenvalue weighted by atomic mass is 16.6. The average Bonchev–Trinajstić information content (AvgIpc) is 0.802. The van der Waals surface area contributed by atoms with Crippen molar-refractivity contribution in [2.45, 2.75) is 142 Å². The monoisotopic (exact) mass is 1790 g/mol. The van der Waals surface area contributed by atoms with Crippen molar-refractivity contribution in [1.82, 2.24) is 0 Å². The van der Waals surface area contributed by atoms with Crippen LogP contribution in [-0.2, 0) is 60.8 Å². The third-order valence-corrected chi connectivity index (χ3v) is 20.1. The van der Waals surface area contributed by atoms with Crippen molar-refractivity contribution in [3.05, 3.63) is 214 Å². The molecule has 0 atom stereocenters. The average molecular weight is 1790 g/mol. The molecule has 0 saturated carbocycles. The van der Waals surface area contributed by atoms with Gasteiger partial charge in [-0.25, -0.2) is 28.8 Å². The number of rotatable bonds is 63. The van der Waals surface area contributed by atoms with Crippen molar-refractivity contribution in [2.24, 2.45) is 0 Å². The SMILES string of the molecule is COC(=O)C=Cc1ccc(OCCCCCCOc2ccc(COc3cc(OCc4ccc(OCCCCCCOc5ccc(C=CC(=O)OC)cc5OC)c(OCCCCCCOc5ccc(C=CC(=O)OC)cc5OC)c4)cc(C(=O)OCCCCCCOC(=O)c4cc(N)cc(N)c4)c3)cc2OCCCCCCOc2ccc(C=CC(=O)OC)cc2OC)c(OC)c1. The lowest BCUT2D eigenvalue weighted by atomic mass is 10.1. The minimum Gasteiger partial charge on any atom is -0.493 e. The largest absolute Gasteiger partial charge is 0.493 e. The summed E-state index contributed by atoms with van der Waals surface area (Å²) in [5, 5.41) is 0. The summed E-state index contributed by atoms with van der Waals surface area (Å²) in [5.41, 5.74) is 17.6. The van der Waals surface area contributed by atoms with Crippen molar-refractivity contribution in [1.29, 1.82) is 0 Å². The number of nitrogen functional groups attached to an aromatic ring is 2. The summed E-state index contributed by atoms with van der Waals surface area (Å²) in [5.74, 6) is 4.60. The van der Waals surface area contributed by atoms with E-state index < -0.39 is 35.8 Å². The van der Waals surface area contributed by atoms with Crippen LogP contribution in [0.25, 0.3) is 24.3 Å². The number of hydrogen-bond acceptors (Lipinski definition) is 28. The molecule has 0 aliphatic heterocycles. The van der Waals surface area contributed by atoms with E-state index >= 15 is 0 Å². The Balaban J connectivity index is 0.932. The Labute approximate surface area is 762 Å². The first-order valence-corrected chi connectivity index (χ1v) is 43.9. The number of ether oxygens (including phenoxy) is 20. The summed E-state index contributed by atoms with van der Waals surface area (Å²) in [6.07, 6.45) is 27.7. The third kappa shape index (κ3) is 37.7. The fraction of sp³-hybridized carbons (Fsp3) is 0.392.